The van der Waals surface area contributed by atoms with Gasteiger partial charge in [0.15, 0.2) is 0 Å². The van der Waals surface area contributed by atoms with Crippen LogP contribution in [0.2, 0.25) is 0 Å². The molecule has 0 bridgehead atoms. The van der Waals surface area contributed by atoms with Crippen molar-refractivity contribution in [2.45, 2.75) is 33.2 Å². The summed E-state index contributed by atoms with van der Waals surface area (Å²) in [4.78, 5) is 16.1. The molecule has 0 saturated carbocycles. The van der Waals surface area contributed by atoms with Crippen LogP contribution in [0.15, 0.2) is 0 Å². The average molecular weight is 221 g/mol. The Balaban J connectivity index is 2.09. The first-order valence-electron chi connectivity index (χ1n) is 5.37. The lowest BCUT2D eigenvalue weighted by Crippen LogP contribution is -2.17. The summed E-state index contributed by atoms with van der Waals surface area (Å²) in [5.41, 5.74) is 3.21. The van der Waals surface area contributed by atoms with Crippen molar-refractivity contribution in [1.82, 2.24) is 4.90 Å². The van der Waals surface area contributed by atoms with Gasteiger partial charge in [0.1, 0.15) is 0 Å². The van der Waals surface area contributed by atoms with E-state index in [-0.39, 0.29) is 5.91 Å². The minimum absolute atomic E-state index is 0.224. The second kappa shape index (κ2) is 2.64. The van der Waals surface area contributed by atoms with Gasteiger partial charge in [-0.3, -0.25) is 4.79 Å². The molecule has 2 nitrogen and oxygen atoms in total. The monoisotopic (exact) mass is 221 g/mol. The van der Waals surface area contributed by atoms with E-state index >= 15 is 0 Å². The number of fused-ring (bicyclic) bond motifs is 3. The van der Waals surface area contributed by atoms with E-state index in [1.165, 1.54) is 16.0 Å². The highest BCUT2D eigenvalue weighted by Gasteiger charge is 2.38. The largest absolute Gasteiger partial charge is 0.337 e. The number of carbonyl (C=O) groups excluding carboxylic acids is 1. The van der Waals surface area contributed by atoms with E-state index in [1.807, 2.05) is 11.9 Å². The second-order valence-corrected chi connectivity index (χ2v) is 6.60. The lowest BCUT2D eigenvalue weighted by molar-refractivity contribution is 0.0819. The van der Waals surface area contributed by atoms with Gasteiger partial charge in [-0.25, -0.2) is 0 Å². The van der Waals surface area contributed by atoms with Gasteiger partial charge in [-0.15, -0.1) is 11.3 Å². The summed E-state index contributed by atoms with van der Waals surface area (Å²) >= 11 is 1.73. The Morgan fingerprint density at radius 1 is 1.27 bits per heavy atom. The standard InChI is InChI=1S/C12H15NOS/c1-12(2)4-7-8-6-13(3)11(14)10(8)15-9(7)5-12/h4-6H2,1-3H3. The number of thiophene rings is 1. The van der Waals surface area contributed by atoms with E-state index < -0.39 is 0 Å². The first-order valence-corrected chi connectivity index (χ1v) is 6.18. The highest BCUT2D eigenvalue weighted by atomic mass is 32.1. The van der Waals surface area contributed by atoms with E-state index in [0.717, 1.165) is 24.3 Å². The van der Waals surface area contributed by atoms with Crippen LogP contribution in [0, 0.1) is 5.41 Å². The van der Waals surface area contributed by atoms with Crippen LogP contribution in [0.5, 0.6) is 0 Å². The fraction of sp³-hybridized carbons (Fsp3) is 0.583. The van der Waals surface area contributed by atoms with Gasteiger partial charge in [-0.1, -0.05) is 13.8 Å². The van der Waals surface area contributed by atoms with Crippen molar-refractivity contribution in [3.63, 3.8) is 0 Å². The summed E-state index contributed by atoms with van der Waals surface area (Å²) in [6.45, 7) is 5.45. The van der Waals surface area contributed by atoms with Crippen molar-refractivity contribution < 1.29 is 4.79 Å². The number of hydrogen-bond acceptors (Lipinski definition) is 2. The second-order valence-electron chi connectivity index (χ2n) is 5.49. The molecule has 0 fully saturated rings. The van der Waals surface area contributed by atoms with Crippen molar-refractivity contribution in [1.29, 1.82) is 0 Å². The SMILES string of the molecule is CN1Cc2c(sc3c2CC(C)(C)C3)C1=O. The fourth-order valence-electron chi connectivity index (χ4n) is 2.70. The van der Waals surface area contributed by atoms with E-state index in [1.54, 1.807) is 11.3 Å². The molecule has 1 aliphatic carbocycles. The summed E-state index contributed by atoms with van der Waals surface area (Å²) in [7, 11) is 1.89. The Kier molecular flexibility index (Phi) is 1.66. The smallest absolute Gasteiger partial charge is 0.264 e. The molecule has 1 aliphatic heterocycles. The van der Waals surface area contributed by atoms with Gasteiger partial charge in [-0.05, 0) is 29.4 Å². The number of rotatable bonds is 0. The van der Waals surface area contributed by atoms with Crippen molar-refractivity contribution >= 4 is 17.2 Å². The van der Waals surface area contributed by atoms with Gasteiger partial charge in [-0.2, -0.15) is 0 Å². The van der Waals surface area contributed by atoms with E-state index in [2.05, 4.69) is 13.8 Å². The van der Waals surface area contributed by atoms with Crippen LogP contribution in [-0.2, 0) is 19.4 Å². The third-order valence-electron chi connectivity index (χ3n) is 3.43. The highest BCUT2D eigenvalue weighted by Crippen LogP contribution is 2.45. The van der Waals surface area contributed by atoms with Gasteiger partial charge in [0.05, 0.1) is 4.88 Å². The van der Waals surface area contributed by atoms with Crippen LogP contribution >= 0.6 is 11.3 Å². The highest BCUT2D eigenvalue weighted by molar-refractivity contribution is 7.14. The maximum atomic E-state index is 11.8. The molecule has 1 amide bonds. The molecule has 0 aromatic carbocycles. The summed E-state index contributed by atoms with van der Waals surface area (Å²) in [5, 5.41) is 0. The quantitative estimate of drug-likeness (QED) is 0.659. The Bertz CT molecular complexity index is 458. The van der Waals surface area contributed by atoms with Gasteiger partial charge >= 0.3 is 0 Å². The normalized spacial score (nSPS) is 22.1. The maximum Gasteiger partial charge on any atom is 0.264 e. The predicted octanol–water partition coefficient (Wildman–Crippen LogP) is 2.46. The van der Waals surface area contributed by atoms with Crippen LogP contribution in [0.4, 0.5) is 0 Å². The summed E-state index contributed by atoms with van der Waals surface area (Å²) in [6, 6.07) is 0. The molecular weight excluding hydrogens is 206 g/mol. The maximum absolute atomic E-state index is 11.8. The van der Waals surface area contributed by atoms with Gasteiger partial charge in [0.25, 0.3) is 5.91 Å². The molecule has 0 saturated heterocycles. The van der Waals surface area contributed by atoms with Crippen molar-refractivity contribution in [3.05, 3.63) is 20.9 Å². The zero-order valence-corrected chi connectivity index (χ0v) is 10.2. The summed E-state index contributed by atoms with van der Waals surface area (Å²) < 4.78 is 0. The Hall–Kier alpha value is -0.830. The lowest BCUT2D eigenvalue weighted by Gasteiger charge is -2.15. The number of nitrogens with zero attached hydrogens (tertiary/aromatic N) is 1. The Labute approximate surface area is 93.9 Å². The van der Waals surface area contributed by atoms with Crippen molar-refractivity contribution in [2.75, 3.05) is 7.05 Å². The Morgan fingerprint density at radius 3 is 2.73 bits per heavy atom. The van der Waals surface area contributed by atoms with Crippen LogP contribution in [0.3, 0.4) is 0 Å². The molecule has 1 aromatic rings. The first-order chi connectivity index (χ1) is 6.98. The molecule has 80 valence electrons. The van der Waals surface area contributed by atoms with Gasteiger partial charge in [0.2, 0.25) is 0 Å². The molecule has 0 radical (unpaired) electrons. The van der Waals surface area contributed by atoms with E-state index in [0.29, 0.717) is 5.41 Å². The molecular formula is C12H15NOS. The minimum Gasteiger partial charge on any atom is -0.337 e. The molecule has 0 spiro atoms. The molecule has 15 heavy (non-hydrogen) atoms. The molecule has 2 aliphatic rings. The number of amides is 1. The average Bonchev–Trinajstić information content (AvgIpc) is 2.66. The molecule has 1 aromatic heterocycles. The predicted molar refractivity (Wildman–Crippen MR) is 61.3 cm³/mol. The van der Waals surface area contributed by atoms with E-state index in [4.69, 9.17) is 0 Å². The Morgan fingerprint density at radius 2 is 2.00 bits per heavy atom. The topological polar surface area (TPSA) is 20.3 Å². The van der Waals surface area contributed by atoms with Gasteiger partial charge in [0, 0.05) is 18.5 Å². The van der Waals surface area contributed by atoms with Gasteiger partial charge < -0.3 is 4.90 Å². The number of carbonyl (C=O) groups is 1. The van der Waals surface area contributed by atoms with Crippen molar-refractivity contribution in [2.24, 2.45) is 5.41 Å². The first kappa shape index (κ1) is 9.40. The molecule has 0 unspecified atom stereocenters. The lowest BCUT2D eigenvalue weighted by atomic mass is 9.90. The molecule has 0 atom stereocenters. The molecule has 3 rings (SSSR count). The van der Waals surface area contributed by atoms with Crippen molar-refractivity contribution in [3.8, 4) is 0 Å². The summed E-state index contributed by atoms with van der Waals surface area (Å²) in [5.74, 6) is 0.224. The third-order valence-corrected chi connectivity index (χ3v) is 4.69. The van der Waals surface area contributed by atoms with Crippen LogP contribution in [0.1, 0.15) is 39.5 Å². The minimum atomic E-state index is 0.224. The van der Waals surface area contributed by atoms with E-state index in [9.17, 15) is 4.79 Å². The zero-order chi connectivity index (χ0) is 10.8. The van der Waals surface area contributed by atoms with Crippen LogP contribution in [0.25, 0.3) is 0 Å². The summed E-state index contributed by atoms with van der Waals surface area (Å²) in [6.07, 6.45) is 2.30. The zero-order valence-electron chi connectivity index (χ0n) is 9.39. The van der Waals surface area contributed by atoms with Crippen LogP contribution in [-0.4, -0.2) is 17.9 Å². The third kappa shape index (κ3) is 1.19. The van der Waals surface area contributed by atoms with Crippen LogP contribution < -0.4 is 0 Å². The molecule has 3 heteroatoms. The molecule has 0 N–H and O–H groups in total. The fourth-order valence-corrected chi connectivity index (χ4v) is 4.28. The number of hydrogen-bond donors (Lipinski definition) is 0. The molecule has 2 heterocycles.